The zero-order valence-corrected chi connectivity index (χ0v) is 11.9. The van der Waals surface area contributed by atoms with E-state index in [1.54, 1.807) is 30.5 Å². The van der Waals surface area contributed by atoms with E-state index in [1.807, 2.05) is 19.1 Å². The predicted octanol–water partition coefficient (Wildman–Crippen LogP) is 2.55. The SMILES string of the molecule is Cc1cccnc1N/C=C(/C#N)C(=O)Nc1ccccc1O. The molecule has 0 saturated carbocycles. The topological polar surface area (TPSA) is 98.0 Å². The summed E-state index contributed by atoms with van der Waals surface area (Å²) in [7, 11) is 0. The molecule has 0 aliphatic heterocycles. The van der Waals surface area contributed by atoms with Gasteiger partial charge in [-0.3, -0.25) is 4.79 Å². The maximum Gasteiger partial charge on any atom is 0.267 e. The van der Waals surface area contributed by atoms with Crippen LogP contribution in [0.5, 0.6) is 5.75 Å². The van der Waals surface area contributed by atoms with E-state index in [1.165, 1.54) is 12.3 Å². The lowest BCUT2D eigenvalue weighted by molar-refractivity contribution is -0.112. The van der Waals surface area contributed by atoms with E-state index >= 15 is 0 Å². The molecule has 3 N–H and O–H groups in total. The summed E-state index contributed by atoms with van der Waals surface area (Å²) >= 11 is 0. The van der Waals surface area contributed by atoms with Gasteiger partial charge in [-0.25, -0.2) is 4.98 Å². The number of aromatic nitrogens is 1. The summed E-state index contributed by atoms with van der Waals surface area (Å²) in [5.41, 5.74) is 0.994. The zero-order chi connectivity index (χ0) is 15.9. The van der Waals surface area contributed by atoms with Crippen LogP contribution in [-0.2, 0) is 4.79 Å². The monoisotopic (exact) mass is 294 g/mol. The lowest BCUT2D eigenvalue weighted by Gasteiger charge is -2.07. The highest BCUT2D eigenvalue weighted by Crippen LogP contribution is 2.22. The minimum Gasteiger partial charge on any atom is -0.506 e. The number of nitriles is 1. The third kappa shape index (κ3) is 3.61. The van der Waals surface area contributed by atoms with E-state index in [0.29, 0.717) is 5.82 Å². The summed E-state index contributed by atoms with van der Waals surface area (Å²) in [6, 6.07) is 11.7. The van der Waals surface area contributed by atoms with Gasteiger partial charge < -0.3 is 15.7 Å². The number of amides is 1. The summed E-state index contributed by atoms with van der Waals surface area (Å²) in [4.78, 5) is 16.1. The first kappa shape index (κ1) is 15.1. The minimum absolute atomic E-state index is 0.0679. The fourth-order valence-electron chi connectivity index (χ4n) is 1.69. The molecular formula is C16H14N4O2. The number of nitrogens with zero attached hydrogens (tertiary/aromatic N) is 2. The lowest BCUT2D eigenvalue weighted by Crippen LogP contribution is -2.14. The van der Waals surface area contributed by atoms with Crippen LogP contribution in [0.15, 0.2) is 54.4 Å². The van der Waals surface area contributed by atoms with Crippen LogP contribution in [-0.4, -0.2) is 16.0 Å². The molecule has 0 radical (unpaired) electrons. The number of carbonyl (C=O) groups is 1. The van der Waals surface area contributed by atoms with Gasteiger partial charge in [0.2, 0.25) is 0 Å². The van der Waals surface area contributed by atoms with Crippen molar-refractivity contribution in [1.82, 2.24) is 4.98 Å². The molecule has 1 amide bonds. The molecule has 110 valence electrons. The molecule has 6 heteroatoms. The molecule has 0 aliphatic carbocycles. The van der Waals surface area contributed by atoms with E-state index < -0.39 is 5.91 Å². The van der Waals surface area contributed by atoms with Gasteiger partial charge in [-0.1, -0.05) is 18.2 Å². The van der Waals surface area contributed by atoms with E-state index in [4.69, 9.17) is 5.26 Å². The van der Waals surface area contributed by atoms with Crippen molar-refractivity contribution in [3.05, 3.63) is 59.9 Å². The maximum atomic E-state index is 12.0. The highest BCUT2D eigenvalue weighted by atomic mass is 16.3. The van der Waals surface area contributed by atoms with Crippen LogP contribution < -0.4 is 10.6 Å². The van der Waals surface area contributed by atoms with Crippen LogP contribution in [0.1, 0.15) is 5.56 Å². The van der Waals surface area contributed by atoms with Gasteiger partial charge in [-0.15, -0.1) is 0 Å². The standard InChI is InChI=1S/C16H14N4O2/c1-11-5-4-8-18-15(11)19-10-12(9-17)16(22)20-13-6-2-3-7-14(13)21/h2-8,10,21H,1H3,(H,18,19)(H,20,22)/b12-10-. The Morgan fingerprint density at radius 1 is 1.32 bits per heavy atom. The fourth-order valence-corrected chi connectivity index (χ4v) is 1.69. The molecule has 1 aromatic heterocycles. The van der Waals surface area contributed by atoms with Crippen LogP contribution in [0.3, 0.4) is 0 Å². The van der Waals surface area contributed by atoms with Crippen LogP contribution >= 0.6 is 0 Å². The summed E-state index contributed by atoms with van der Waals surface area (Å²) in [5, 5.41) is 24.0. The first-order valence-electron chi connectivity index (χ1n) is 6.49. The van der Waals surface area contributed by atoms with Crippen LogP contribution in [0.25, 0.3) is 0 Å². The number of rotatable bonds is 4. The predicted molar refractivity (Wildman–Crippen MR) is 83.0 cm³/mol. The van der Waals surface area contributed by atoms with Crippen molar-refractivity contribution in [3.8, 4) is 11.8 Å². The Hall–Kier alpha value is -3.33. The second-order valence-corrected chi connectivity index (χ2v) is 4.45. The van der Waals surface area contributed by atoms with E-state index in [9.17, 15) is 9.90 Å². The molecule has 6 nitrogen and oxygen atoms in total. The van der Waals surface area contributed by atoms with Gasteiger partial charge >= 0.3 is 0 Å². The average molecular weight is 294 g/mol. The van der Waals surface area contributed by atoms with Gasteiger partial charge in [0.05, 0.1) is 5.69 Å². The summed E-state index contributed by atoms with van der Waals surface area (Å²) in [6.07, 6.45) is 2.89. The molecule has 2 rings (SSSR count). The van der Waals surface area contributed by atoms with Crippen LogP contribution in [0, 0.1) is 18.3 Å². The number of benzene rings is 1. The zero-order valence-electron chi connectivity index (χ0n) is 11.9. The number of aryl methyl sites for hydroxylation is 1. The third-order valence-electron chi connectivity index (χ3n) is 2.88. The molecule has 0 unspecified atom stereocenters. The van der Waals surface area contributed by atoms with Crippen LogP contribution in [0.4, 0.5) is 11.5 Å². The van der Waals surface area contributed by atoms with Gasteiger partial charge in [0.15, 0.2) is 0 Å². The van der Waals surface area contributed by atoms with Crippen molar-refractivity contribution in [2.24, 2.45) is 0 Å². The molecule has 0 spiro atoms. The number of phenolic OH excluding ortho intramolecular Hbond substituents is 1. The summed E-state index contributed by atoms with van der Waals surface area (Å²) < 4.78 is 0. The molecule has 1 aromatic carbocycles. The van der Waals surface area contributed by atoms with E-state index in [2.05, 4.69) is 15.6 Å². The Morgan fingerprint density at radius 3 is 2.77 bits per heavy atom. The number of carbonyl (C=O) groups excluding carboxylic acids is 1. The lowest BCUT2D eigenvalue weighted by atomic mass is 10.2. The molecular weight excluding hydrogens is 280 g/mol. The molecule has 1 heterocycles. The first-order chi connectivity index (χ1) is 10.6. The van der Waals surface area contributed by atoms with Gasteiger partial charge in [0.1, 0.15) is 23.2 Å². The van der Waals surface area contributed by atoms with Gasteiger partial charge in [-0.2, -0.15) is 5.26 Å². The number of pyridine rings is 1. The van der Waals surface area contributed by atoms with E-state index in [-0.39, 0.29) is 17.0 Å². The second kappa shape index (κ2) is 6.90. The highest BCUT2D eigenvalue weighted by molar-refractivity contribution is 6.07. The molecule has 22 heavy (non-hydrogen) atoms. The number of para-hydroxylation sites is 2. The maximum absolute atomic E-state index is 12.0. The number of phenols is 1. The quantitative estimate of drug-likeness (QED) is 0.457. The van der Waals surface area contributed by atoms with Crippen molar-refractivity contribution in [2.75, 3.05) is 10.6 Å². The molecule has 2 aromatic rings. The molecule has 0 fully saturated rings. The number of anilines is 2. The summed E-state index contributed by atoms with van der Waals surface area (Å²) in [6.45, 7) is 1.86. The van der Waals surface area contributed by atoms with Gasteiger partial charge in [0, 0.05) is 12.4 Å². The molecule has 0 aliphatic rings. The van der Waals surface area contributed by atoms with Crippen molar-refractivity contribution < 1.29 is 9.90 Å². The van der Waals surface area contributed by atoms with Crippen LogP contribution in [0.2, 0.25) is 0 Å². The largest absolute Gasteiger partial charge is 0.506 e. The normalized spacial score (nSPS) is 10.6. The number of nitrogens with one attached hydrogen (secondary N) is 2. The van der Waals surface area contributed by atoms with Gasteiger partial charge in [-0.05, 0) is 30.7 Å². The van der Waals surface area contributed by atoms with Gasteiger partial charge in [0.25, 0.3) is 5.91 Å². The first-order valence-corrected chi connectivity index (χ1v) is 6.49. The fraction of sp³-hybridized carbons (Fsp3) is 0.0625. The smallest absolute Gasteiger partial charge is 0.267 e. The Labute approximate surface area is 127 Å². The highest BCUT2D eigenvalue weighted by Gasteiger charge is 2.11. The van der Waals surface area contributed by atoms with Crippen molar-refractivity contribution in [2.45, 2.75) is 6.92 Å². The Morgan fingerprint density at radius 2 is 2.09 bits per heavy atom. The Bertz CT molecular complexity index is 763. The Balaban J connectivity index is 2.13. The van der Waals surface area contributed by atoms with Crippen molar-refractivity contribution >= 4 is 17.4 Å². The Kier molecular flexibility index (Phi) is 4.73. The third-order valence-corrected chi connectivity index (χ3v) is 2.88. The van der Waals surface area contributed by atoms with Crippen molar-refractivity contribution in [3.63, 3.8) is 0 Å². The average Bonchev–Trinajstić information content (AvgIpc) is 2.52. The van der Waals surface area contributed by atoms with E-state index in [0.717, 1.165) is 5.56 Å². The number of aromatic hydroxyl groups is 1. The summed E-state index contributed by atoms with van der Waals surface area (Å²) in [5.74, 6) is -0.127. The molecule has 0 bridgehead atoms. The molecule has 0 saturated heterocycles. The minimum atomic E-state index is -0.620. The molecule has 0 atom stereocenters. The second-order valence-electron chi connectivity index (χ2n) is 4.45. The number of hydrogen-bond acceptors (Lipinski definition) is 5. The van der Waals surface area contributed by atoms with Crippen molar-refractivity contribution in [1.29, 1.82) is 5.26 Å². The number of hydrogen-bond donors (Lipinski definition) is 3.